The third kappa shape index (κ3) is 1.50. The van der Waals surface area contributed by atoms with Gasteiger partial charge in [-0.2, -0.15) is 9.46 Å². The fraction of sp³-hybridized carbons (Fsp3) is 0.0769. The van der Waals surface area contributed by atoms with Gasteiger partial charge in [-0.3, -0.25) is 9.59 Å². The summed E-state index contributed by atoms with van der Waals surface area (Å²) in [5.74, 6) is 0. The van der Waals surface area contributed by atoms with Crippen molar-refractivity contribution in [3.05, 3.63) is 56.3 Å². The van der Waals surface area contributed by atoms with Gasteiger partial charge in [-0.15, -0.1) is 0 Å². The summed E-state index contributed by atoms with van der Waals surface area (Å²) >= 11 is 0. The van der Waals surface area contributed by atoms with E-state index >= 15 is 0 Å². The van der Waals surface area contributed by atoms with E-state index < -0.39 is 10.9 Å². The molecule has 0 fully saturated rings. The molecule has 1 heterocycles. The molecule has 0 saturated carbocycles. The van der Waals surface area contributed by atoms with Crippen molar-refractivity contribution >= 4 is 11.0 Å². The maximum atomic E-state index is 11.4. The van der Waals surface area contributed by atoms with Gasteiger partial charge in [0.05, 0.1) is 0 Å². The maximum Gasteiger partial charge on any atom is 0.228 e. The summed E-state index contributed by atoms with van der Waals surface area (Å²) in [6, 6.07) is 7.06. The number of hydrogen-bond acceptors (Lipinski definition) is 4. The largest absolute Gasteiger partial charge is 0.428 e. The van der Waals surface area contributed by atoms with Crippen molar-refractivity contribution < 1.29 is 10.4 Å². The second-order valence-electron chi connectivity index (χ2n) is 4.40. The summed E-state index contributed by atoms with van der Waals surface area (Å²) < 4.78 is 1.59. The van der Waals surface area contributed by atoms with E-state index in [4.69, 9.17) is 0 Å². The SMILES string of the molecule is Cc1ccc2c(c1)n(O)c1cc(=O)c(=O)cc-1n2O. The quantitative estimate of drug-likeness (QED) is 0.358. The minimum atomic E-state index is -0.734. The predicted molar refractivity (Wildman–Crippen MR) is 68.2 cm³/mol. The smallest absolute Gasteiger partial charge is 0.228 e. The molecule has 0 atom stereocenters. The summed E-state index contributed by atoms with van der Waals surface area (Å²) in [6.45, 7) is 1.84. The molecule has 1 aromatic carbocycles. The van der Waals surface area contributed by atoms with E-state index in [2.05, 4.69) is 0 Å². The highest BCUT2D eigenvalue weighted by Gasteiger charge is 2.17. The van der Waals surface area contributed by atoms with Gasteiger partial charge >= 0.3 is 0 Å². The monoisotopic (exact) mass is 258 g/mol. The summed E-state index contributed by atoms with van der Waals surface area (Å²) in [4.78, 5) is 22.7. The zero-order valence-corrected chi connectivity index (χ0v) is 9.99. The highest BCUT2D eigenvalue weighted by atomic mass is 16.5. The molecule has 6 heteroatoms. The Labute approximate surface area is 106 Å². The average molecular weight is 258 g/mol. The summed E-state index contributed by atoms with van der Waals surface area (Å²) in [6.07, 6.45) is 0. The Balaban J connectivity index is 2.65. The summed E-state index contributed by atoms with van der Waals surface area (Å²) in [7, 11) is 0. The molecule has 6 nitrogen and oxygen atoms in total. The van der Waals surface area contributed by atoms with Gasteiger partial charge in [-0.25, -0.2) is 0 Å². The fourth-order valence-electron chi connectivity index (χ4n) is 2.12. The molecule has 0 spiro atoms. The normalized spacial score (nSPS) is 11.2. The number of aromatic nitrogens is 2. The molecular formula is C13H10N2O4. The van der Waals surface area contributed by atoms with E-state index in [-0.39, 0.29) is 11.4 Å². The Morgan fingerprint density at radius 2 is 1.37 bits per heavy atom. The van der Waals surface area contributed by atoms with Crippen LogP contribution in [0.5, 0.6) is 0 Å². The van der Waals surface area contributed by atoms with Gasteiger partial charge < -0.3 is 10.4 Å². The van der Waals surface area contributed by atoms with Crippen molar-refractivity contribution in [2.45, 2.75) is 6.92 Å². The van der Waals surface area contributed by atoms with Gasteiger partial charge in [0, 0.05) is 12.1 Å². The lowest BCUT2D eigenvalue weighted by Gasteiger charge is -2.17. The minimum Gasteiger partial charge on any atom is -0.428 e. The Morgan fingerprint density at radius 1 is 0.842 bits per heavy atom. The highest BCUT2D eigenvalue weighted by molar-refractivity contribution is 5.81. The van der Waals surface area contributed by atoms with Crippen molar-refractivity contribution in [2.24, 2.45) is 0 Å². The van der Waals surface area contributed by atoms with Gasteiger partial charge in [0.15, 0.2) is 0 Å². The van der Waals surface area contributed by atoms with E-state index in [0.717, 1.165) is 27.2 Å². The van der Waals surface area contributed by atoms with Crippen LogP contribution in [-0.2, 0) is 0 Å². The Morgan fingerprint density at radius 3 is 1.95 bits per heavy atom. The molecule has 0 aromatic heterocycles. The van der Waals surface area contributed by atoms with E-state index in [1.807, 2.05) is 6.92 Å². The average Bonchev–Trinajstić information content (AvgIpc) is 2.38. The van der Waals surface area contributed by atoms with E-state index in [1.165, 1.54) is 0 Å². The van der Waals surface area contributed by atoms with Crippen molar-refractivity contribution in [1.29, 1.82) is 0 Å². The second-order valence-corrected chi connectivity index (χ2v) is 4.40. The van der Waals surface area contributed by atoms with E-state index in [9.17, 15) is 20.0 Å². The molecule has 0 amide bonds. The molecule has 0 bridgehead atoms. The lowest BCUT2D eigenvalue weighted by atomic mass is 10.1. The number of rotatable bonds is 0. The molecule has 2 aliphatic rings. The van der Waals surface area contributed by atoms with Crippen molar-refractivity contribution in [1.82, 2.24) is 9.46 Å². The molecule has 1 aromatic rings. The van der Waals surface area contributed by atoms with Gasteiger partial charge in [0.2, 0.25) is 10.9 Å². The van der Waals surface area contributed by atoms with Gasteiger partial charge in [0.25, 0.3) is 0 Å². The number of benzene rings is 2. The third-order valence-electron chi connectivity index (χ3n) is 3.08. The van der Waals surface area contributed by atoms with Gasteiger partial charge in [-0.05, 0) is 24.6 Å². The zero-order valence-electron chi connectivity index (χ0n) is 9.99. The van der Waals surface area contributed by atoms with Crippen LogP contribution < -0.4 is 10.9 Å². The Hall–Kier alpha value is -2.76. The van der Waals surface area contributed by atoms with Crippen LogP contribution in [0.1, 0.15) is 5.56 Å². The van der Waals surface area contributed by atoms with Crippen LogP contribution in [0.4, 0.5) is 0 Å². The molecule has 3 rings (SSSR count). The zero-order chi connectivity index (χ0) is 13.7. The first-order valence-corrected chi connectivity index (χ1v) is 5.60. The summed E-state index contributed by atoms with van der Waals surface area (Å²) in [5, 5.41) is 20.2. The number of aryl methyl sites for hydroxylation is 1. The van der Waals surface area contributed by atoms with Gasteiger partial charge in [-0.1, -0.05) is 6.07 Å². The second kappa shape index (κ2) is 3.61. The first kappa shape index (κ1) is 11.3. The third-order valence-corrected chi connectivity index (χ3v) is 3.08. The number of fused-ring (bicyclic) bond motifs is 2. The van der Waals surface area contributed by atoms with Crippen LogP contribution in [0.25, 0.3) is 22.4 Å². The molecule has 1 aliphatic carbocycles. The molecule has 0 radical (unpaired) electrons. The van der Waals surface area contributed by atoms with E-state index in [1.54, 1.807) is 18.2 Å². The van der Waals surface area contributed by atoms with Crippen LogP contribution in [0, 0.1) is 6.92 Å². The van der Waals surface area contributed by atoms with Crippen LogP contribution >= 0.6 is 0 Å². The Bertz CT molecular complexity index is 892. The van der Waals surface area contributed by atoms with Crippen LogP contribution in [0.2, 0.25) is 0 Å². The first-order chi connectivity index (χ1) is 8.99. The van der Waals surface area contributed by atoms with Crippen LogP contribution in [0.15, 0.2) is 39.9 Å². The van der Waals surface area contributed by atoms with Crippen molar-refractivity contribution in [2.75, 3.05) is 0 Å². The molecule has 19 heavy (non-hydrogen) atoms. The lowest BCUT2D eigenvalue weighted by molar-refractivity contribution is 0.177. The molecule has 0 saturated heterocycles. The molecular weight excluding hydrogens is 248 g/mol. The van der Waals surface area contributed by atoms with Crippen molar-refractivity contribution in [3.63, 3.8) is 0 Å². The number of hydrogen-bond donors (Lipinski definition) is 2. The molecule has 1 aliphatic heterocycles. The topological polar surface area (TPSA) is 84.5 Å². The first-order valence-electron chi connectivity index (χ1n) is 5.60. The minimum absolute atomic E-state index is 0.0726. The van der Waals surface area contributed by atoms with Crippen LogP contribution in [-0.4, -0.2) is 19.9 Å². The maximum absolute atomic E-state index is 11.4. The molecule has 0 unspecified atom stereocenters. The van der Waals surface area contributed by atoms with E-state index in [0.29, 0.717) is 11.0 Å². The molecule has 2 N–H and O–H groups in total. The number of nitrogens with zero attached hydrogens (tertiary/aromatic N) is 2. The fourth-order valence-corrected chi connectivity index (χ4v) is 2.12. The van der Waals surface area contributed by atoms with Gasteiger partial charge in [0.1, 0.15) is 22.4 Å². The lowest BCUT2D eigenvalue weighted by Crippen LogP contribution is -2.26. The van der Waals surface area contributed by atoms with Crippen molar-refractivity contribution in [3.8, 4) is 11.4 Å². The standard InChI is InChI=1S/C13H10N2O4/c1-7-2-3-8-9(4-7)15(19)11-6-13(17)12(16)5-10(11)14(8)18/h2-6,18-19H,1H3. The summed E-state index contributed by atoms with van der Waals surface area (Å²) in [5.41, 5.74) is 0.238. The van der Waals surface area contributed by atoms with Crippen LogP contribution in [0.3, 0.4) is 0 Å². The predicted octanol–water partition coefficient (Wildman–Crippen LogP) is 1.05. The Kier molecular flexibility index (Phi) is 2.16. The molecule has 96 valence electrons. The highest BCUT2D eigenvalue weighted by Crippen LogP contribution is 2.25.